The standard InChI is InChI=1S/C14H14ClN3O3/c15-10-2-1-8-3-4-18(7-9(8)5-10)12(19)6-11-13(20)17-14(21)16-11/h1-2,5,11H,3-4,6-7H2,(H2,16,17,20,21)/t11-/m0/s1. The Morgan fingerprint density at radius 3 is 2.86 bits per heavy atom. The van der Waals surface area contributed by atoms with Gasteiger partial charge in [0.05, 0.1) is 6.42 Å². The number of halogens is 1. The van der Waals surface area contributed by atoms with Gasteiger partial charge in [-0.15, -0.1) is 0 Å². The largest absolute Gasteiger partial charge is 0.338 e. The first-order valence-electron chi connectivity index (χ1n) is 6.69. The lowest BCUT2D eigenvalue weighted by Gasteiger charge is -2.29. The van der Waals surface area contributed by atoms with Crippen LogP contribution in [-0.4, -0.2) is 35.3 Å². The Morgan fingerprint density at radius 1 is 1.33 bits per heavy atom. The Labute approximate surface area is 126 Å². The van der Waals surface area contributed by atoms with Crippen LogP contribution in [0.2, 0.25) is 5.02 Å². The number of nitrogens with zero attached hydrogens (tertiary/aromatic N) is 1. The van der Waals surface area contributed by atoms with Crippen molar-refractivity contribution >= 4 is 29.4 Å². The summed E-state index contributed by atoms with van der Waals surface area (Å²) in [6, 6.07) is 4.36. The minimum atomic E-state index is -0.772. The molecule has 0 aromatic heterocycles. The highest BCUT2D eigenvalue weighted by Crippen LogP contribution is 2.23. The molecule has 7 heteroatoms. The molecule has 2 heterocycles. The van der Waals surface area contributed by atoms with E-state index in [0.29, 0.717) is 18.1 Å². The zero-order valence-corrected chi connectivity index (χ0v) is 11.9. The molecular weight excluding hydrogens is 294 g/mol. The molecule has 0 bridgehead atoms. The third-order valence-corrected chi connectivity index (χ3v) is 4.01. The van der Waals surface area contributed by atoms with E-state index >= 15 is 0 Å². The predicted octanol–water partition coefficient (Wildman–Crippen LogP) is 0.823. The van der Waals surface area contributed by atoms with E-state index in [1.54, 1.807) is 4.90 Å². The van der Waals surface area contributed by atoms with E-state index in [0.717, 1.165) is 12.0 Å². The number of fused-ring (bicyclic) bond motifs is 1. The lowest BCUT2D eigenvalue weighted by molar-refractivity contribution is -0.134. The van der Waals surface area contributed by atoms with Crippen LogP contribution in [-0.2, 0) is 22.6 Å². The van der Waals surface area contributed by atoms with Gasteiger partial charge in [-0.2, -0.15) is 0 Å². The lowest BCUT2D eigenvalue weighted by Crippen LogP contribution is -2.41. The van der Waals surface area contributed by atoms with Crippen molar-refractivity contribution < 1.29 is 14.4 Å². The maximum absolute atomic E-state index is 12.3. The molecule has 2 N–H and O–H groups in total. The number of nitrogens with one attached hydrogen (secondary N) is 2. The number of carbonyl (C=O) groups is 3. The van der Waals surface area contributed by atoms with Crippen molar-refractivity contribution in [3.63, 3.8) is 0 Å². The predicted molar refractivity (Wildman–Crippen MR) is 75.7 cm³/mol. The van der Waals surface area contributed by atoms with Gasteiger partial charge in [0.2, 0.25) is 5.91 Å². The number of carbonyl (C=O) groups excluding carboxylic acids is 3. The number of hydrogen-bond acceptors (Lipinski definition) is 3. The van der Waals surface area contributed by atoms with Crippen molar-refractivity contribution in [2.24, 2.45) is 0 Å². The van der Waals surface area contributed by atoms with Gasteiger partial charge < -0.3 is 10.2 Å². The van der Waals surface area contributed by atoms with E-state index < -0.39 is 18.0 Å². The van der Waals surface area contributed by atoms with E-state index in [1.807, 2.05) is 18.2 Å². The van der Waals surface area contributed by atoms with Gasteiger partial charge in [0.15, 0.2) is 0 Å². The summed E-state index contributed by atoms with van der Waals surface area (Å²) in [5, 5.41) is 5.20. The van der Waals surface area contributed by atoms with Crippen LogP contribution in [0.3, 0.4) is 0 Å². The number of hydrogen-bond donors (Lipinski definition) is 2. The zero-order valence-electron chi connectivity index (χ0n) is 11.2. The molecule has 2 aliphatic heterocycles. The monoisotopic (exact) mass is 307 g/mol. The van der Waals surface area contributed by atoms with Crippen LogP contribution in [0.1, 0.15) is 17.5 Å². The second kappa shape index (κ2) is 5.37. The van der Waals surface area contributed by atoms with E-state index in [4.69, 9.17) is 11.6 Å². The number of imide groups is 1. The molecular formula is C14H14ClN3O3. The normalized spacial score (nSPS) is 20.8. The summed E-state index contributed by atoms with van der Waals surface area (Å²) in [4.78, 5) is 36.5. The Bertz CT molecular complexity index is 632. The molecule has 2 aliphatic rings. The first kappa shape index (κ1) is 13.9. The van der Waals surface area contributed by atoms with E-state index in [9.17, 15) is 14.4 Å². The zero-order chi connectivity index (χ0) is 15.0. The molecule has 3 rings (SSSR count). The molecule has 0 aliphatic carbocycles. The summed E-state index contributed by atoms with van der Waals surface area (Å²) in [5.41, 5.74) is 2.22. The summed E-state index contributed by atoms with van der Waals surface area (Å²) in [6.07, 6.45) is 0.745. The second-order valence-corrected chi connectivity index (χ2v) is 5.63. The fraction of sp³-hybridized carbons (Fsp3) is 0.357. The number of urea groups is 1. The molecule has 0 saturated carbocycles. The highest BCUT2D eigenvalue weighted by molar-refractivity contribution is 6.30. The molecule has 1 atom stereocenters. The van der Waals surface area contributed by atoms with Crippen LogP contribution in [0.25, 0.3) is 0 Å². The van der Waals surface area contributed by atoms with Gasteiger partial charge >= 0.3 is 6.03 Å². The molecule has 21 heavy (non-hydrogen) atoms. The Balaban J connectivity index is 1.67. The van der Waals surface area contributed by atoms with E-state index in [-0.39, 0.29) is 12.3 Å². The van der Waals surface area contributed by atoms with Crippen molar-refractivity contribution in [1.29, 1.82) is 0 Å². The number of rotatable bonds is 2. The van der Waals surface area contributed by atoms with E-state index in [1.165, 1.54) is 5.56 Å². The molecule has 4 amide bonds. The maximum Gasteiger partial charge on any atom is 0.322 e. The summed E-state index contributed by atoms with van der Waals surface area (Å²) in [6.45, 7) is 1.09. The highest BCUT2D eigenvalue weighted by atomic mass is 35.5. The fourth-order valence-corrected chi connectivity index (χ4v) is 2.84. The Hall–Kier alpha value is -2.08. The quantitative estimate of drug-likeness (QED) is 0.794. The second-order valence-electron chi connectivity index (χ2n) is 5.20. The van der Waals surface area contributed by atoms with Crippen LogP contribution in [0.4, 0.5) is 4.79 Å². The molecule has 110 valence electrons. The topological polar surface area (TPSA) is 78.5 Å². The first-order chi connectivity index (χ1) is 10.0. The smallest absolute Gasteiger partial charge is 0.322 e. The van der Waals surface area contributed by atoms with Crippen molar-refractivity contribution in [3.05, 3.63) is 34.3 Å². The van der Waals surface area contributed by atoms with Gasteiger partial charge in [0, 0.05) is 18.1 Å². The van der Waals surface area contributed by atoms with Gasteiger partial charge in [0.25, 0.3) is 5.91 Å². The minimum Gasteiger partial charge on any atom is -0.338 e. The third kappa shape index (κ3) is 2.85. The lowest BCUT2D eigenvalue weighted by atomic mass is 9.99. The van der Waals surface area contributed by atoms with Crippen LogP contribution >= 0.6 is 11.6 Å². The number of benzene rings is 1. The average Bonchev–Trinajstić information content (AvgIpc) is 2.76. The first-order valence-corrected chi connectivity index (χ1v) is 7.07. The maximum atomic E-state index is 12.3. The van der Waals surface area contributed by atoms with Crippen molar-refractivity contribution in [3.8, 4) is 0 Å². The highest BCUT2D eigenvalue weighted by Gasteiger charge is 2.33. The van der Waals surface area contributed by atoms with Crippen LogP contribution < -0.4 is 10.6 Å². The van der Waals surface area contributed by atoms with Gasteiger partial charge in [-0.05, 0) is 29.7 Å². The molecule has 1 fully saturated rings. The molecule has 0 radical (unpaired) electrons. The van der Waals surface area contributed by atoms with Crippen molar-refractivity contribution in [2.75, 3.05) is 6.54 Å². The molecule has 1 saturated heterocycles. The van der Waals surface area contributed by atoms with Crippen LogP contribution in [0.5, 0.6) is 0 Å². The summed E-state index contributed by atoms with van der Waals surface area (Å²) in [7, 11) is 0. The molecule has 1 aromatic carbocycles. The van der Waals surface area contributed by atoms with Gasteiger partial charge in [0.1, 0.15) is 6.04 Å². The van der Waals surface area contributed by atoms with Crippen LogP contribution in [0.15, 0.2) is 18.2 Å². The van der Waals surface area contributed by atoms with Gasteiger partial charge in [-0.1, -0.05) is 17.7 Å². The van der Waals surface area contributed by atoms with Crippen molar-refractivity contribution in [2.45, 2.75) is 25.4 Å². The van der Waals surface area contributed by atoms with Gasteiger partial charge in [-0.25, -0.2) is 4.79 Å². The SMILES string of the molecule is O=C1NC(=O)[C@H](CC(=O)N2CCc3ccc(Cl)cc3C2)N1. The molecule has 0 spiro atoms. The summed E-state index contributed by atoms with van der Waals surface area (Å²) >= 11 is 5.97. The molecule has 1 aromatic rings. The third-order valence-electron chi connectivity index (χ3n) is 3.77. The summed E-state index contributed by atoms with van der Waals surface area (Å²) < 4.78 is 0. The van der Waals surface area contributed by atoms with Crippen LogP contribution in [0, 0.1) is 0 Å². The van der Waals surface area contributed by atoms with Crippen molar-refractivity contribution in [1.82, 2.24) is 15.5 Å². The fourth-order valence-electron chi connectivity index (χ4n) is 2.64. The Kier molecular flexibility index (Phi) is 3.55. The Morgan fingerprint density at radius 2 is 2.14 bits per heavy atom. The molecule has 0 unspecified atom stereocenters. The number of amides is 4. The summed E-state index contributed by atoms with van der Waals surface area (Å²) in [5.74, 6) is -0.600. The van der Waals surface area contributed by atoms with Gasteiger partial charge in [-0.3, -0.25) is 14.9 Å². The average molecular weight is 308 g/mol. The van der Waals surface area contributed by atoms with E-state index in [2.05, 4.69) is 10.6 Å². The minimum absolute atomic E-state index is 0.0204. The molecule has 6 nitrogen and oxygen atoms in total.